The van der Waals surface area contributed by atoms with Gasteiger partial charge in [0.1, 0.15) is 11.4 Å². The third-order valence-corrected chi connectivity index (χ3v) is 3.53. The molecule has 0 spiro atoms. The molecule has 0 heterocycles. The van der Waals surface area contributed by atoms with E-state index in [0.29, 0.717) is 18.4 Å². The molecule has 0 atom stereocenters. The fourth-order valence-corrected chi connectivity index (χ4v) is 2.46. The van der Waals surface area contributed by atoms with Gasteiger partial charge in [-0.25, -0.2) is 0 Å². The number of hydrogen-bond acceptors (Lipinski definition) is 3. The van der Waals surface area contributed by atoms with E-state index in [9.17, 15) is 9.90 Å². The Balaban J connectivity index is 2.31. The van der Waals surface area contributed by atoms with Gasteiger partial charge >= 0.3 is 0 Å². The molecule has 0 bridgehead atoms. The fourth-order valence-electron chi connectivity index (χ4n) is 2.46. The molecular weight excluding hydrogens is 216 g/mol. The summed E-state index contributed by atoms with van der Waals surface area (Å²) in [7, 11) is 1.60. The zero-order chi connectivity index (χ0) is 12.5. The number of aryl methyl sites for hydroxylation is 1. The van der Waals surface area contributed by atoms with E-state index in [1.54, 1.807) is 19.2 Å². The molecular formula is C14H18O3. The highest BCUT2D eigenvalue weighted by Crippen LogP contribution is 2.33. The van der Waals surface area contributed by atoms with Gasteiger partial charge in [-0.1, -0.05) is 0 Å². The van der Waals surface area contributed by atoms with Crippen molar-refractivity contribution in [2.24, 2.45) is 0 Å². The topological polar surface area (TPSA) is 46.5 Å². The molecule has 1 aliphatic rings. The third-order valence-electron chi connectivity index (χ3n) is 3.53. The van der Waals surface area contributed by atoms with Crippen LogP contribution in [-0.2, 0) is 0 Å². The monoisotopic (exact) mass is 234 g/mol. The van der Waals surface area contributed by atoms with Crippen molar-refractivity contribution in [3.63, 3.8) is 0 Å². The lowest BCUT2D eigenvalue weighted by Crippen LogP contribution is -2.35. The van der Waals surface area contributed by atoms with E-state index in [2.05, 4.69) is 0 Å². The van der Waals surface area contributed by atoms with Crippen molar-refractivity contribution in [2.45, 2.75) is 38.2 Å². The van der Waals surface area contributed by atoms with Gasteiger partial charge in [0.2, 0.25) is 0 Å². The van der Waals surface area contributed by atoms with Crippen LogP contribution in [0.4, 0.5) is 0 Å². The average molecular weight is 234 g/mol. The summed E-state index contributed by atoms with van der Waals surface area (Å²) in [5, 5.41) is 10.3. The van der Waals surface area contributed by atoms with E-state index in [1.165, 1.54) is 0 Å². The lowest BCUT2D eigenvalue weighted by atomic mass is 9.89. The molecule has 17 heavy (non-hydrogen) atoms. The van der Waals surface area contributed by atoms with E-state index in [0.717, 1.165) is 24.2 Å². The number of carbonyl (C=O) groups excluding carboxylic acids is 1. The highest BCUT2D eigenvalue weighted by Gasteiger charge is 2.39. The van der Waals surface area contributed by atoms with Gasteiger partial charge in [0.25, 0.3) is 0 Å². The third kappa shape index (κ3) is 2.20. The largest absolute Gasteiger partial charge is 0.497 e. The summed E-state index contributed by atoms with van der Waals surface area (Å²) in [4.78, 5) is 12.3. The minimum absolute atomic E-state index is 0.143. The summed E-state index contributed by atoms with van der Waals surface area (Å²) in [5.74, 6) is 0.590. The number of aliphatic hydroxyl groups is 1. The molecule has 0 aliphatic heterocycles. The van der Waals surface area contributed by atoms with Crippen molar-refractivity contribution >= 4 is 5.78 Å². The zero-order valence-corrected chi connectivity index (χ0v) is 10.3. The second-order valence-corrected chi connectivity index (χ2v) is 4.75. The van der Waals surface area contributed by atoms with Crippen molar-refractivity contribution in [1.82, 2.24) is 0 Å². The van der Waals surface area contributed by atoms with Gasteiger partial charge in [-0.3, -0.25) is 4.79 Å². The molecule has 1 fully saturated rings. The van der Waals surface area contributed by atoms with Crippen molar-refractivity contribution in [3.8, 4) is 5.75 Å². The Morgan fingerprint density at radius 1 is 1.35 bits per heavy atom. The standard InChI is InChI=1S/C14H18O3/c1-10-9-11(17-2)5-6-12(10)13(15)14(16)7-3-4-8-14/h5-6,9,16H,3-4,7-8H2,1-2H3. The second kappa shape index (κ2) is 4.49. The molecule has 3 nitrogen and oxygen atoms in total. The van der Waals surface area contributed by atoms with Crippen molar-refractivity contribution in [1.29, 1.82) is 0 Å². The molecule has 1 saturated carbocycles. The van der Waals surface area contributed by atoms with Crippen LogP contribution in [-0.4, -0.2) is 23.6 Å². The smallest absolute Gasteiger partial charge is 0.194 e. The molecule has 0 saturated heterocycles. The van der Waals surface area contributed by atoms with Crippen LogP contribution in [0.5, 0.6) is 5.75 Å². The molecule has 0 aromatic heterocycles. The van der Waals surface area contributed by atoms with Crippen molar-refractivity contribution in [2.75, 3.05) is 7.11 Å². The first-order valence-electron chi connectivity index (χ1n) is 5.99. The number of Topliss-reactive ketones (excluding diaryl/α,β-unsaturated/α-hetero) is 1. The summed E-state index contributed by atoms with van der Waals surface area (Å²) in [6, 6.07) is 5.33. The Morgan fingerprint density at radius 2 is 2.00 bits per heavy atom. The zero-order valence-electron chi connectivity index (χ0n) is 10.3. The Hall–Kier alpha value is -1.35. The van der Waals surface area contributed by atoms with Gasteiger partial charge in [-0.2, -0.15) is 0 Å². The maximum absolute atomic E-state index is 12.3. The Morgan fingerprint density at radius 3 is 2.53 bits per heavy atom. The van der Waals surface area contributed by atoms with Crippen LogP contribution in [0.3, 0.4) is 0 Å². The average Bonchev–Trinajstić information content (AvgIpc) is 2.76. The van der Waals surface area contributed by atoms with Crippen LogP contribution in [0.1, 0.15) is 41.6 Å². The maximum Gasteiger partial charge on any atom is 0.194 e. The lowest BCUT2D eigenvalue weighted by molar-refractivity contribution is 0.0352. The lowest BCUT2D eigenvalue weighted by Gasteiger charge is -2.21. The molecule has 0 amide bonds. The summed E-state index contributed by atoms with van der Waals surface area (Å²) < 4.78 is 5.11. The van der Waals surface area contributed by atoms with Gasteiger partial charge in [-0.05, 0) is 56.4 Å². The van der Waals surface area contributed by atoms with Crippen molar-refractivity contribution < 1.29 is 14.6 Å². The molecule has 1 aromatic carbocycles. The predicted molar refractivity (Wildman–Crippen MR) is 65.5 cm³/mol. The summed E-state index contributed by atoms with van der Waals surface area (Å²) >= 11 is 0. The highest BCUT2D eigenvalue weighted by atomic mass is 16.5. The Kier molecular flexibility index (Phi) is 3.20. The summed E-state index contributed by atoms with van der Waals surface area (Å²) in [5.41, 5.74) is 0.323. The number of hydrogen-bond donors (Lipinski definition) is 1. The SMILES string of the molecule is COc1ccc(C(=O)C2(O)CCCC2)c(C)c1. The van der Waals surface area contributed by atoms with E-state index >= 15 is 0 Å². The van der Waals surface area contributed by atoms with Crippen LogP contribution >= 0.6 is 0 Å². The number of ether oxygens (including phenoxy) is 1. The minimum Gasteiger partial charge on any atom is -0.497 e. The fraction of sp³-hybridized carbons (Fsp3) is 0.500. The molecule has 0 unspecified atom stereocenters. The molecule has 92 valence electrons. The predicted octanol–water partition coefficient (Wildman–Crippen LogP) is 2.49. The maximum atomic E-state index is 12.3. The van der Waals surface area contributed by atoms with E-state index in [1.807, 2.05) is 13.0 Å². The number of carbonyl (C=O) groups is 1. The van der Waals surface area contributed by atoms with E-state index < -0.39 is 5.60 Å². The summed E-state index contributed by atoms with van der Waals surface area (Å²) in [6.45, 7) is 1.87. The quantitative estimate of drug-likeness (QED) is 0.817. The summed E-state index contributed by atoms with van der Waals surface area (Å²) in [6.07, 6.45) is 3.02. The molecule has 2 rings (SSSR count). The number of benzene rings is 1. The number of ketones is 1. The van der Waals surface area contributed by atoms with Gasteiger partial charge in [-0.15, -0.1) is 0 Å². The van der Waals surface area contributed by atoms with Gasteiger partial charge in [0.05, 0.1) is 7.11 Å². The molecule has 3 heteroatoms. The van der Waals surface area contributed by atoms with Crippen molar-refractivity contribution in [3.05, 3.63) is 29.3 Å². The van der Waals surface area contributed by atoms with Gasteiger partial charge < -0.3 is 9.84 Å². The number of rotatable bonds is 3. The van der Waals surface area contributed by atoms with Gasteiger partial charge in [0.15, 0.2) is 5.78 Å². The second-order valence-electron chi connectivity index (χ2n) is 4.75. The first kappa shape index (κ1) is 12.1. The first-order valence-corrected chi connectivity index (χ1v) is 5.99. The molecule has 1 aliphatic carbocycles. The van der Waals surface area contributed by atoms with E-state index in [4.69, 9.17) is 4.74 Å². The van der Waals surface area contributed by atoms with Crippen LogP contribution in [0, 0.1) is 6.92 Å². The Labute approximate surface area is 101 Å². The number of methoxy groups -OCH3 is 1. The van der Waals surface area contributed by atoms with E-state index in [-0.39, 0.29) is 5.78 Å². The van der Waals surface area contributed by atoms with Crippen LogP contribution in [0.25, 0.3) is 0 Å². The van der Waals surface area contributed by atoms with Gasteiger partial charge in [0, 0.05) is 5.56 Å². The van der Waals surface area contributed by atoms with Crippen LogP contribution < -0.4 is 4.74 Å². The Bertz CT molecular complexity index is 431. The highest BCUT2D eigenvalue weighted by molar-refractivity contribution is 6.03. The van der Waals surface area contributed by atoms with Crippen LogP contribution in [0.15, 0.2) is 18.2 Å². The molecule has 0 radical (unpaired) electrons. The minimum atomic E-state index is -1.14. The molecule has 1 aromatic rings. The normalized spacial score (nSPS) is 18.1. The molecule has 1 N–H and O–H groups in total. The first-order chi connectivity index (χ1) is 8.07. The van der Waals surface area contributed by atoms with Crippen LogP contribution in [0.2, 0.25) is 0 Å².